The van der Waals surface area contributed by atoms with Gasteiger partial charge in [-0.2, -0.15) is 0 Å². The monoisotopic (exact) mass is 888 g/mol. The third kappa shape index (κ3) is 8.52. The van der Waals surface area contributed by atoms with Crippen molar-refractivity contribution in [1.29, 1.82) is 0 Å². The lowest BCUT2D eigenvalue weighted by Gasteiger charge is -2.19. The van der Waals surface area contributed by atoms with Crippen LogP contribution in [-0.2, 0) is 0 Å². The number of ether oxygens (including phenoxy) is 2. The molecule has 2 aromatic heterocycles. The van der Waals surface area contributed by atoms with Crippen molar-refractivity contribution in [2.24, 2.45) is 0 Å². The topological polar surface area (TPSA) is 123 Å². The third-order valence-corrected chi connectivity index (χ3v) is 14.8. The Morgan fingerprint density at radius 1 is 0.484 bits per heavy atom. The largest absolute Gasteiger partial charge is 0.508 e. The number of hydrogen-bond acceptors (Lipinski definition) is 11. The highest BCUT2D eigenvalue weighted by atomic mass is 32.1. The summed E-state index contributed by atoms with van der Waals surface area (Å²) in [6.45, 7) is 6.86. The molecule has 8 aromatic rings. The SMILES string of the molecule is O=C(c1ccc(OCCN2CCCC2)cc1-c1c(-c2ccc(O)cc2)sc2cc(O)ccc12)c1ccc(OCCN2CCCC2)cc1-c1c(-c2ccc(O)cc2)sc2cc(O)ccc12. The molecule has 64 heavy (non-hydrogen) atoms. The maximum atomic E-state index is 15.8. The molecular formula is C53H48N2O7S2. The number of phenols is 4. The molecule has 0 saturated carbocycles. The first-order chi connectivity index (χ1) is 31.3. The van der Waals surface area contributed by atoms with Crippen LogP contribution in [0.3, 0.4) is 0 Å². The van der Waals surface area contributed by atoms with Gasteiger partial charge in [0.25, 0.3) is 0 Å². The van der Waals surface area contributed by atoms with E-state index >= 15 is 4.79 Å². The first-order valence-corrected chi connectivity index (χ1v) is 23.5. The van der Waals surface area contributed by atoms with Crippen molar-refractivity contribution in [1.82, 2.24) is 9.80 Å². The fourth-order valence-electron chi connectivity index (χ4n) is 9.12. The highest BCUT2D eigenvalue weighted by molar-refractivity contribution is 7.23. The zero-order valence-electron chi connectivity index (χ0n) is 35.3. The van der Waals surface area contributed by atoms with Gasteiger partial charge in [-0.1, -0.05) is 0 Å². The van der Waals surface area contributed by atoms with Crippen LogP contribution in [0.2, 0.25) is 0 Å². The summed E-state index contributed by atoms with van der Waals surface area (Å²) in [6.07, 6.45) is 4.76. The molecule has 4 N–H and O–H groups in total. The van der Waals surface area contributed by atoms with Crippen LogP contribution in [0.15, 0.2) is 121 Å². The van der Waals surface area contributed by atoms with Crippen molar-refractivity contribution in [3.63, 3.8) is 0 Å². The van der Waals surface area contributed by atoms with Crippen LogP contribution in [0.4, 0.5) is 0 Å². The molecule has 6 aromatic carbocycles. The number of fused-ring (bicyclic) bond motifs is 2. The predicted octanol–water partition coefficient (Wildman–Crippen LogP) is 11.8. The fourth-order valence-corrected chi connectivity index (χ4v) is 11.6. The second-order valence-corrected chi connectivity index (χ2v) is 18.7. The molecule has 0 amide bonds. The van der Waals surface area contributed by atoms with Crippen LogP contribution in [0.1, 0.15) is 41.6 Å². The minimum Gasteiger partial charge on any atom is -0.508 e. The lowest BCUT2D eigenvalue weighted by Crippen LogP contribution is -2.25. The Morgan fingerprint density at radius 2 is 0.875 bits per heavy atom. The van der Waals surface area contributed by atoms with Crippen LogP contribution in [0.25, 0.3) is 63.3 Å². The molecule has 2 aliphatic heterocycles. The first-order valence-electron chi connectivity index (χ1n) is 21.9. The van der Waals surface area contributed by atoms with E-state index < -0.39 is 0 Å². The second kappa shape index (κ2) is 18.0. The number of carbonyl (C=O) groups is 1. The summed E-state index contributed by atoms with van der Waals surface area (Å²) in [4.78, 5) is 22.4. The number of aromatic hydroxyl groups is 4. The number of nitrogens with zero attached hydrogens (tertiary/aromatic N) is 2. The van der Waals surface area contributed by atoms with E-state index in [4.69, 9.17) is 9.47 Å². The molecule has 2 aliphatic rings. The number of thiophene rings is 2. The number of rotatable bonds is 14. The molecule has 324 valence electrons. The molecule has 0 unspecified atom stereocenters. The van der Waals surface area contributed by atoms with Crippen LogP contribution in [0, 0.1) is 0 Å². The number of carbonyl (C=O) groups excluding carboxylic acids is 1. The molecule has 0 bridgehead atoms. The van der Waals surface area contributed by atoms with Gasteiger partial charge in [0.2, 0.25) is 0 Å². The van der Waals surface area contributed by atoms with Gasteiger partial charge in [0.05, 0.1) is 0 Å². The average molecular weight is 889 g/mol. The highest BCUT2D eigenvalue weighted by Gasteiger charge is 2.28. The van der Waals surface area contributed by atoms with Gasteiger partial charge in [0.1, 0.15) is 47.7 Å². The van der Waals surface area contributed by atoms with Crippen molar-refractivity contribution in [3.05, 3.63) is 132 Å². The molecule has 0 aliphatic carbocycles. The molecule has 9 nitrogen and oxygen atoms in total. The minimum absolute atomic E-state index is 0.140. The van der Waals surface area contributed by atoms with Gasteiger partial charge < -0.3 is 29.9 Å². The summed E-state index contributed by atoms with van der Waals surface area (Å²) >= 11 is 3.03. The van der Waals surface area contributed by atoms with Crippen LogP contribution in [-0.4, -0.2) is 88.5 Å². The molecule has 2 fully saturated rings. The Balaban J connectivity index is 1.16. The van der Waals surface area contributed by atoms with E-state index in [1.54, 1.807) is 48.5 Å². The third-order valence-electron chi connectivity index (χ3n) is 12.4. The minimum atomic E-state index is -0.207. The van der Waals surface area contributed by atoms with Crippen LogP contribution < -0.4 is 9.47 Å². The molecule has 0 spiro atoms. The summed E-state index contributed by atoms with van der Waals surface area (Å²) in [6, 6.07) is 36.1. The standard InChI is InChI=1S/C53H48N2O7S2/c56-35-9-5-33(6-10-35)52-49(43-17-13-37(58)29-47(43)63-52)45-31-39(61-27-25-54-21-1-2-22-54)15-19-41(45)51(60)42-20-16-40(62-28-26-55-23-3-4-24-55)32-46(42)50-44-18-14-38(59)30-48(44)64-53(50)34-7-11-36(57)12-8-34/h5-20,29-32,56-59H,1-4,21-28H2. The molecular weight excluding hydrogens is 841 g/mol. The maximum Gasteiger partial charge on any atom is 0.194 e. The maximum absolute atomic E-state index is 15.8. The van der Waals surface area contributed by atoms with E-state index in [-0.39, 0.29) is 28.8 Å². The quantitative estimate of drug-likeness (QED) is 0.0790. The van der Waals surface area contributed by atoms with Gasteiger partial charge in [-0.15, -0.1) is 22.7 Å². The highest BCUT2D eigenvalue weighted by Crippen LogP contribution is 2.50. The number of likely N-dealkylation sites (tertiary alicyclic amines) is 2. The zero-order valence-corrected chi connectivity index (χ0v) is 36.9. The van der Waals surface area contributed by atoms with Crippen molar-refractivity contribution in [2.45, 2.75) is 25.7 Å². The van der Waals surface area contributed by atoms with E-state index in [1.165, 1.54) is 48.4 Å². The Morgan fingerprint density at radius 3 is 1.28 bits per heavy atom. The molecule has 2 saturated heterocycles. The van der Waals surface area contributed by atoms with E-state index in [2.05, 4.69) is 9.80 Å². The Bertz CT molecular complexity index is 2780. The zero-order chi connectivity index (χ0) is 43.7. The number of ketones is 1. The van der Waals surface area contributed by atoms with Gasteiger partial charge >= 0.3 is 0 Å². The summed E-state index contributed by atoms with van der Waals surface area (Å²) in [5, 5.41) is 43.6. The van der Waals surface area contributed by atoms with Crippen LogP contribution >= 0.6 is 22.7 Å². The smallest absolute Gasteiger partial charge is 0.194 e. The van der Waals surface area contributed by atoms with Crippen LogP contribution in [0.5, 0.6) is 34.5 Å². The van der Waals surface area contributed by atoms with Crippen molar-refractivity contribution in [3.8, 4) is 77.6 Å². The lowest BCUT2D eigenvalue weighted by molar-refractivity contribution is 0.104. The Hall–Kier alpha value is -6.37. The molecule has 10 rings (SSSR count). The summed E-state index contributed by atoms with van der Waals surface area (Å²) in [5.41, 5.74) is 5.65. The van der Waals surface area contributed by atoms with Crippen molar-refractivity contribution in [2.75, 3.05) is 52.5 Å². The normalized spacial score (nSPS) is 14.5. The first kappa shape index (κ1) is 41.6. The van der Waals surface area contributed by atoms with Gasteiger partial charge in [-0.3, -0.25) is 14.6 Å². The Kier molecular flexibility index (Phi) is 11.7. The van der Waals surface area contributed by atoms with Crippen molar-refractivity contribution >= 4 is 48.6 Å². The predicted molar refractivity (Wildman–Crippen MR) is 258 cm³/mol. The average Bonchev–Trinajstić information content (AvgIpc) is 4.14. The van der Waals surface area contributed by atoms with Gasteiger partial charge in [0, 0.05) is 65.3 Å². The number of phenolic OH excluding ortho intramolecular Hbond substituents is 4. The molecule has 0 atom stereocenters. The molecule has 11 heteroatoms. The van der Waals surface area contributed by atoms with E-state index in [0.29, 0.717) is 47.0 Å². The van der Waals surface area contributed by atoms with Crippen molar-refractivity contribution < 1.29 is 34.7 Å². The number of hydrogen-bond donors (Lipinski definition) is 4. The molecule has 0 radical (unpaired) electrons. The summed E-state index contributed by atoms with van der Waals surface area (Å²) in [5.74, 6) is 1.64. The Labute approximate surface area is 379 Å². The second-order valence-electron chi connectivity index (χ2n) is 16.6. The van der Waals surface area contributed by atoms with Gasteiger partial charge in [-0.25, -0.2) is 0 Å². The van der Waals surface area contributed by atoms with E-state index in [9.17, 15) is 20.4 Å². The van der Waals surface area contributed by atoms with E-state index in [0.717, 1.165) is 91.4 Å². The van der Waals surface area contributed by atoms with E-state index in [1.807, 2.05) is 72.8 Å². The van der Waals surface area contributed by atoms with Gasteiger partial charge in [0.15, 0.2) is 5.78 Å². The molecule has 4 heterocycles. The summed E-state index contributed by atoms with van der Waals surface area (Å²) in [7, 11) is 0. The van der Waals surface area contributed by atoms with Gasteiger partial charge in [-0.05, 0) is 195 Å². The number of benzene rings is 6. The summed E-state index contributed by atoms with van der Waals surface area (Å²) < 4.78 is 14.6. The fraction of sp³-hybridized carbons (Fsp3) is 0.226. The lowest BCUT2D eigenvalue weighted by atomic mass is 9.87.